The van der Waals surface area contributed by atoms with Gasteiger partial charge in [-0.1, -0.05) is 53.5 Å². The van der Waals surface area contributed by atoms with E-state index in [1.54, 1.807) is 12.1 Å². The van der Waals surface area contributed by atoms with Crippen molar-refractivity contribution in [3.05, 3.63) is 74.7 Å². The van der Waals surface area contributed by atoms with Gasteiger partial charge in [0.2, 0.25) is 0 Å². The van der Waals surface area contributed by atoms with Gasteiger partial charge < -0.3 is 5.32 Å². The molecule has 0 aliphatic carbocycles. The van der Waals surface area contributed by atoms with Gasteiger partial charge in [-0.2, -0.15) is 0 Å². The fourth-order valence-corrected chi connectivity index (χ4v) is 3.65. The number of nitrogens with one attached hydrogen (secondary N) is 1. The van der Waals surface area contributed by atoms with Crippen molar-refractivity contribution in [1.29, 1.82) is 0 Å². The number of rotatable bonds is 4. The molecule has 24 heavy (non-hydrogen) atoms. The molecule has 6 heteroatoms. The lowest BCUT2D eigenvalue weighted by atomic mass is 10.2. The molecule has 0 saturated heterocycles. The Balaban J connectivity index is 1.76. The Morgan fingerprint density at radius 3 is 2.54 bits per heavy atom. The van der Waals surface area contributed by atoms with Crippen LogP contribution in [0.15, 0.2) is 48.5 Å². The molecule has 1 aromatic heterocycles. The van der Waals surface area contributed by atoms with Crippen LogP contribution >= 0.6 is 34.5 Å². The summed E-state index contributed by atoms with van der Waals surface area (Å²) in [7, 11) is 0. The fourth-order valence-electron chi connectivity index (χ4n) is 2.22. The Kier molecular flexibility index (Phi) is 5.19. The maximum atomic E-state index is 12.4. The first-order valence-corrected chi connectivity index (χ1v) is 8.87. The summed E-state index contributed by atoms with van der Waals surface area (Å²) in [6.45, 7) is 2.27. The normalized spacial score (nSPS) is 10.6. The molecule has 0 saturated carbocycles. The van der Waals surface area contributed by atoms with E-state index in [-0.39, 0.29) is 5.91 Å². The zero-order valence-electron chi connectivity index (χ0n) is 12.8. The summed E-state index contributed by atoms with van der Waals surface area (Å²) in [5.41, 5.74) is 2.52. The topological polar surface area (TPSA) is 42.0 Å². The van der Waals surface area contributed by atoms with E-state index in [0.29, 0.717) is 27.2 Å². The van der Waals surface area contributed by atoms with Gasteiger partial charge >= 0.3 is 0 Å². The first-order chi connectivity index (χ1) is 11.5. The Labute approximate surface area is 154 Å². The number of aromatic nitrogens is 1. The number of carbonyl (C=O) groups excluding carboxylic acids is 1. The van der Waals surface area contributed by atoms with Crippen molar-refractivity contribution in [2.45, 2.75) is 13.5 Å². The summed E-state index contributed by atoms with van der Waals surface area (Å²) in [6.07, 6.45) is 0. The maximum absolute atomic E-state index is 12.4. The molecule has 0 aliphatic heterocycles. The molecule has 3 rings (SSSR count). The summed E-state index contributed by atoms with van der Waals surface area (Å²) < 4.78 is 0. The number of hydrogen-bond donors (Lipinski definition) is 1. The lowest BCUT2D eigenvalue weighted by Crippen LogP contribution is -2.22. The lowest BCUT2D eigenvalue weighted by molar-refractivity contribution is 0.0954. The average Bonchev–Trinajstić information content (AvgIpc) is 2.96. The van der Waals surface area contributed by atoms with Gasteiger partial charge in [-0.25, -0.2) is 4.98 Å². The number of nitrogens with zero attached hydrogens (tertiary/aromatic N) is 1. The van der Waals surface area contributed by atoms with Gasteiger partial charge in [0, 0.05) is 17.1 Å². The summed E-state index contributed by atoms with van der Waals surface area (Å²) in [6, 6.07) is 14.9. The molecule has 0 bridgehead atoms. The quantitative estimate of drug-likeness (QED) is 0.666. The first-order valence-electron chi connectivity index (χ1n) is 7.29. The minimum absolute atomic E-state index is 0.141. The van der Waals surface area contributed by atoms with E-state index in [0.717, 1.165) is 16.1 Å². The van der Waals surface area contributed by atoms with Crippen LogP contribution in [0, 0.1) is 6.92 Å². The van der Waals surface area contributed by atoms with Gasteiger partial charge in [0.05, 0.1) is 10.7 Å². The highest BCUT2D eigenvalue weighted by atomic mass is 35.5. The van der Waals surface area contributed by atoms with Gasteiger partial charge in [0.15, 0.2) is 0 Å². The van der Waals surface area contributed by atoms with E-state index in [4.69, 9.17) is 23.2 Å². The summed E-state index contributed by atoms with van der Waals surface area (Å²) >= 11 is 13.4. The predicted molar refractivity (Wildman–Crippen MR) is 99.9 cm³/mol. The second kappa shape index (κ2) is 7.34. The van der Waals surface area contributed by atoms with Crippen molar-refractivity contribution in [2.24, 2.45) is 0 Å². The van der Waals surface area contributed by atoms with E-state index in [9.17, 15) is 4.79 Å². The smallest absolute Gasteiger partial charge is 0.263 e. The molecular weight excluding hydrogens is 363 g/mol. The van der Waals surface area contributed by atoms with Crippen LogP contribution in [0.2, 0.25) is 10.0 Å². The van der Waals surface area contributed by atoms with Crippen LogP contribution in [-0.4, -0.2) is 10.9 Å². The van der Waals surface area contributed by atoms with Crippen molar-refractivity contribution >= 4 is 40.4 Å². The second-order valence-corrected chi connectivity index (χ2v) is 7.07. The Hall–Kier alpha value is -1.88. The van der Waals surface area contributed by atoms with Crippen molar-refractivity contribution in [1.82, 2.24) is 10.3 Å². The third-order valence-electron chi connectivity index (χ3n) is 3.47. The van der Waals surface area contributed by atoms with E-state index < -0.39 is 0 Å². The van der Waals surface area contributed by atoms with Gasteiger partial charge in [-0.05, 0) is 30.7 Å². The highest BCUT2D eigenvalue weighted by Gasteiger charge is 2.17. The Morgan fingerprint density at radius 2 is 1.83 bits per heavy atom. The minimum atomic E-state index is -0.141. The molecule has 0 aliphatic rings. The molecule has 0 unspecified atom stereocenters. The highest BCUT2D eigenvalue weighted by Crippen LogP contribution is 2.32. The third-order valence-corrected chi connectivity index (χ3v) is 5.24. The number of halogens is 2. The molecule has 1 heterocycles. The summed E-state index contributed by atoms with van der Waals surface area (Å²) in [4.78, 5) is 17.5. The summed E-state index contributed by atoms with van der Waals surface area (Å²) in [5.74, 6) is -0.141. The fraction of sp³-hybridized carbons (Fsp3) is 0.111. The number of carbonyl (C=O) groups is 1. The standard InChI is InChI=1S/C18H14Cl2N2OS/c1-11-16(17(23)21-10-12-6-8-13(19)9-7-12)24-18(22-11)14-4-2-3-5-15(14)20/h2-9H,10H2,1H3,(H,21,23). The van der Waals surface area contributed by atoms with Gasteiger partial charge in [-0.3, -0.25) is 4.79 Å². The largest absolute Gasteiger partial charge is 0.347 e. The third kappa shape index (κ3) is 3.78. The number of benzene rings is 2. The molecule has 3 nitrogen and oxygen atoms in total. The van der Waals surface area contributed by atoms with E-state index in [1.165, 1.54) is 11.3 Å². The van der Waals surface area contributed by atoms with Crippen LogP contribution in [0.1, 0.15) is 20.9 Å². The van der Waals surface area contributed by atoms with Gasteiger partial charge in [-0.15, -0.1) is 11.3 Å². The SMILES string of the molecule is Cc1nc(-c2ccccc2Cl)sc1C(=O)NCc1ccc(Cl)cc1. The van der Waals surface area contributed by atoms with Crippen LogP contribution in [0.4, 0.5) is 0 Å². The highest BCUT2D eigenvalue weighted by molar-refractivity contribution is 7.17. The van der Waals surface area contributed by atoms with Crippen LogP contribution in [-0.2, 0) is 6.54 Å². The molecule has 3 aromatic rings. The zero-order valence-corrected chi connectivity index (χ0v) is 15.2. The molecule has 0 radical (unpaired) electrons. The van der Waals surface area contributed by atoms with Crippen LogP contribution in [0.5, 0.6) is 0 Å². The van der Waals surface area contributed by atoms with E-state index in [2.05, 4.69) is 10.3 Å². The molecule has 0 fully saturated rings. The van der Waals surface area contributed by atoms with Crippen molar-refractivity contribution in [3.8, 4) is 10.6 Å². The van der Waals surface area contributed by atoms with Crippen LogP contribution in [0.25, 0.3) is 10.6 Å². The second-order valence-electron chi connectivity index (χ2n) is 5.22. The maximum Gasteiger partial charge on any atom is 0.263 e. The molecule has 0 atom stereocenters. The Bertz CT molecular complexity index is 875. The molecule has 1 N–H and O–H groups in total. The van der Waals surface area contributed by atoms with E-state index >= 15 is 0 Å². The first kappa shape index (κ1) is 17.0. The van der Waals surface area contributed by atoms with Crippen molar-refractivity contribution in [3.63, 3.8) is 0 Å². The number of hydrogen-bond acceptors (Lipinski definition) is 3. The zero-order chi connectivity index (χ0) is 17.1. The average molecular weight is 377 g/mol. The summed E-state index contributed by atoms with van der Waals surface area (Å²) in [5, 5.41) is 4.95. The van der Waals surface area contributed by atoms with Crippen molar-refractivity contribution < 1.29 is 4.79 Å². The monoisotopic (exact) mass is 376 g/mol. The Morgan fingerprint density at radius 1 is 1.12 bits per heavy atom. The predicted octanol–water partition coefficient (Wildman–Crippen LogP) is 5.36. The molecular formula is C18H14Cl2N2OS. The van der Waals surface area contributed by atoms with Crippen molar-refractivity contribution in [2.75, 3.05) is 0 Å². The molecule has 0 spiro atoms. The molecule has 1 amide bonds. The lowest BCUT2D eigenvalue weighted by Gasteiger charge is -2.04. The number of amides is 1. The minimum Gasteiger partial charge on any atom is -0.347 e. The van der Waals surface area contributed by atoms with Crippen LogP contribution in [0.3, 0.4) is 0 Å². The van der Waals surface area contributed by atoms with Gasteiger partial charge in [0.1, 0.15) is 9.88 Å². The van der Waals surface area contributed by atoms with Crippen LogP contribution < -0.4 is 5.32 Å². The van der Waals surface area contributed by atoms with E-state index in [1.807, 2.05) is 43.3 Å². The molecule has 122 valence electrons. The number of thiazole rings is 1. The number of aryl methyl sites for hydroxylation is 1. The van der Waals surface area contributed by atoms with Gasteiger partial charge in [0.25, 0.3) is 5.91 Å². The molecule has 2 aromatic carbocycles.